The Balaban J connectivity index is 1.43. The number of nitrogens with zero attached hydrogens (tertiary/aromatic N) is 1. The first-order valence-corrected chi connectivity index (χ1v) is 11.2. The van der Waals surface area contributed by atoms with Gasteiger partial charge in [-0.05, 0) is 84.6 Å². The van der Waals surface area contributed by atoms with Crippen LogP contribution in [-0.2, 0) is 11.2 Å². The van der Waals surface area contributed by atoms with Crippen molar-refractivity contribution in [2.45, 2.75) is 26.7 Å². The van der Waals surface area contributed by atoms with Gasteiger partial charge < -0.3 is 14.2 Å². The van der Waals surface area contributed by atoms with Crippen molar-refractivity contribution in [2.24, 2.45) is 5.10 Å². The molecule has 7 nitrogen and oxygen atoms in total. The Hall–Kier alpha value is -4.13. The van der Waals surface area contributed by atoms with Crippen molar-refractivity contribution < 1.29 is 23.8 Å². The van der Waals surface area contributed by atoms with Crippen molar-refractivity contribution >= 4 is 18.1 Å². The highest BCUT2D eigenvalue weighted by atomic mass is 16.5. The largest absolute Gasteiger partial charge is 0.494 e. The molecular formula is C27H28N2O5. The van der Waals surface area contributed by atoms with Crippen LogP contribution < -0.4 is 19.6 Å². The maximum Gasteiger partial charge on any atom is 0.343 e. The molecule has 7 heteroatoms. The Morgan fingerprint density at radius 3 is 2.09 bits per heavy atom. The van der Waals surface area contributed by atoms with E-state index in [-0.39, 0.29) is 12.5 Å². The molecule has 0 atom stereocenters. The number of nitrogens with one attached hydrogen (secondary N) is 1. The number of benzene rings is 3. The molecule has 0 saturated heterocycles. The molecule has 3 rings (SSSR count). The molecule has 0 heterocycles. The van der Waals surface area contributed by atoms with Crippen molar-refractivity contribution in [3.8, 4) is 17.2 Å². The summed E-state index contributed by atoms with van der Waals surface area (Å²) in [6, 6.07) is 21.2. The van der Waals surface area contributed by atoms with Gasteiger partial charge in [0.2, 0.25) is 0 Å². The van der Waals surface area contributed by atoms with Gasteiger partial charge in [-0.1, -0.05) is 26.0 Å². The van der Waals surface area contributed by atoms with Gasteiger partial charge >= 0.3 is 5.97 Å². The lowest BCUT2D eigenvalue weighted by atomic mass is 10.2. The maximum absolute atomic E-state index is 12.3. The lowest BCUT2D eigenvalue weighted by Gasteiger charge is -2.07. The topological polar surface area (TPSA) is 86.2 Å². The van der Waals surface area contributed by atoms with E-state index in [9.17, 15) is 9.59 Å². The molecule has 176 valence electrons. The van der Waals surface area contributed by atoms with Crippen LogP contribution in [0.25, 0.3) is 0 Å². The van der Waals surface area contributed by atoms with Crippen LogP contribution in [0.4, 0.5) is 0 Å². The predicted molar refractivity (Wildman–Crippen MR) is 131 cm³/mol. The van der Waals surface area contributed by atoms with Crippen LogP contribution in [0.5, 0.6) is 17.2 Å². The number of hydrazone groups is 1. The molecule has 0 fully saturated rings. The fourth-order valence-electron chi connectivity index (χ4n) is 2.88. The normalized spacial score (nSPS) is 10.6. The molecule has 0 bridgehead atoms. The third-order valence-electron chi connectivity index (χ3n) is 4.76. The van der Waals surface area contributed by atoms with E-state index >= 15 is 0 Å². The van der Waals surface area contributed by atoms with Crippen LogP contribution in [0, 0.1) is 0 Å². The Bertz CT molecular complexity index is 1090. The summed E-state index contributed by atoms with van der Waals surface area (Å²) in [5.41, 5.74) is 4.78. The van der Waals surface area contributed by atoms with Gasteiger partial charge in [0.1, 0.15) is 17.2 Å². The second kappa shape index (κ2) is 12.8. The summed E-state index contributed by atoms with van der Waals surface area (Å²) in [6.45, 7) is 4.60. The van der Waals surface area contributed by atoms with Crippen molar-refractivity contribution in [3.63, 3.8) is 0 Å². The molecule has 0 aromatic heterocycles. The first kappa shape index (κ1) is 24.5. The second-order valence-electron chi connectivity index (χ2n) is 7.41. The lowest BCUT2D eigenvalue weighted by Crippen LogP contribution is -2.24. The third kappa shape index (κ3) is 7.78. The van der Waals surface area contributed by atoms with Crippen molar-refractivity contribution in [1.29, 1.82) is 0 Å². The third-order valence-corrected chi connectivity index (χ3v) is 4.76. The maximum atomic E-state index is 12.3. The van der Waals surface area contributed by atoms with Gasteiger partial charge in [-0.15, -0.1) is 0 Å². The minimum atomic E-state index is -0.458. The molecule has 0 radical (unpaired) electrons. The van der Waals surface area contributed by atoms with E-state index in [4.69, 9.17) is 14.2 Å². The van der Waals surface area contributed by atoms with Crippen LogP contribution in [0.1, 0.15) is 41.8 Å². The highest BCUT2D eigenvalue weighted by Crippen LogP contribution is 2.17. The van der Waals surface area contributed by atoms with E-state index in [1.165, 1.54) is 11.8 Å². The van der Waals surface area contributed by atoms with Crippen LogP contribution >= 0.6 is 0 Å². The van der Waals surface area contributed by atoms with E-state index in [0.717, 1.165) is 18.4 Å². The fraction of sp³-hybridized carbons (Fsp3) is 0.222. The first-order valence-electron chi connectivity index (χ1n) is 11.2. The Kier molecular flexibility index (Phi) is 9.22. The molecule has 0 aliphatic heterocycles. The summed E-state index contributed by atoms with van der Waals surface area (Å²) < 4.78 is 16.4. The summed E-state index contributed by atoms with van der Waals surface area (Å²) in [7, 11) is 0. The summed E-state index contributed by atoms with van der Waals surface area (Å²) in [5, 5.41) is 3.92. The summed E-state index contributed by atoms with van der Waals surface area (Å²) in [5.74, 6) is 0.918. The van der Waals surface area contributed by atoms with Gasteiger partial charge in [0.25, 0.3) is 5.91 Å². The fourth-order valence-corrected chi connectivity index (χ4v) is 2.88. The van der Waals surface area contributed by atoms with Crippen LogP contribution in [0.15, 0.2) is 77.9 Å². The zero-order valence-electron chi connectivity index (χ0n) is 19.3. The first-order chi connectivity index (χ1) is 16.6. The summed E-state index contributed by atoms with van der Waals surface area (Å²) in [6.07, 6.45) is 3.36. The van der Waals surface area contributed by atoms with Gasteiger partial charge in [0.05, 0.1) is 18.4 Å². The average molecular weight is 461 g/mol. The Labute approximate surface area is 199 Å². The van der Waals surface area contributed by atoms with E-state index in [1.807, 2.05) is 31.2 Å². The van der Waals surface area contributed by atoms with Gasteiger partial charge in [0.15, 0.2) is 6.61 Å². The van der Waals surface area contributed by atoms with Crippen LogP contribution in [0.3, 0.4) is 0 Å². The van der Waals surface area contributed by atoms with E-state index < -0.39 is 5.97 Å². The number of carbonyl (C=O) groups excluding carboxylic acids is 2. The van der Waals surface area contributed by atoms with Crippen LogP contribution in [-0.4, -0.2) is 31.3 Å². The average Bonchev–Trinajstić information content (AvgIpc) is 2.88. The lowest BCUT2D eigenvalue weighted by molar-refractivity contribution is -0.123. The molecule has 1 N–H and O–H groups in total. The number of amides is 1. The molecule has 0 aliphatic rings. The van der Waals surface area contributed by atoms with Crippen molar-refractivity contribution in [3.05, 3.63) is 89.5 Å². The minimum absolute atomic E-state index is 0.136. The second-order valence-corrected chi connectivity index (χ2v) is 7.41. The number of hydrogen-bond donors (Lipinski definition) is 1. The number of hydrogen-bond acceptors (Lipinski definition) is 6. The summed E-state index contributed by atoms with van der Waals surface area (Å²) >= 11 is 0. The molecule has 1 amide bonds. The monoisotopic (exact) mass is 460 g/mol. The molecule has 3 aromatic rings. The molecule has 3 aromatic carbocycles. The number of rotatable bonds is 11. The molecule has 0 spiro atoms. The molecule has 34 heavy (non-hydrogen) atoms. The van der Waals surface area contributed by atoms with E-state index in [0.29, 0.717) is 29.4 Å². The summed E-state index contributed by atoms with van der Waals surface area (Å²) in [4.78, 5) is 24.2. The van der Waals surface area contributed by atoms with Gasteiger partial charge in [0, 0.05) is 0 Å². The van der Waals surface area contributed by atoms with Gasteiger partial charge in [-0.25, -0.2) is 10.2 Å². The number of aryl methyl sites for hydroxylation is 1. The quantitative estimate of drug-likeness (QED) is 0.193. The van der Waals surface area contributed by atoms with Gasteiger partial charge in [-0.2, -0.15) is 5.10 Å². The molecule has 0 saturated carbocycles. The SMILES string of the molecule is CCCOc1ccc(C(=O)Oc2ccc(C=NNC(=O)COc3ccc(CC)cc3)cc2)cc1. The smallest absolute Gasteiger partial charge is 0.343 e. The van der Waals surface area contributed by atoms with Gasteiger partial charge in [-0.3, -0.25) is 4.79 Å². The number of carbonyl (C=O) groups is 2. The Morgan fingerprint density at radius 1 is 0.824 bits per heavy atom. The van der Waals surface area contributed by atoms with E-state index in [1.54, 1.807) is 48.5 Å². The highest BCUT2D eigenvalue weighted by Gasteiger charge is 2.09. The van der Waals surface area contributed by atoms with E-state index in [2.05, 4.69) is 17.5 Å². The Morgan fingerprint density at radius 2 is 1.44 bits per heavy atom. The zero-order valence-corrected chi connectivity index (χ0v) is 19.3. The minimum Gasteiger partial charge on any atom is -0.494 e. The molecular weight excluding hydrogens is 432 g/mol. The highest BCUT2D eigenvalue weighted by molar-refractivity contribution is 5.91. The number of esters is 1. The predicted octanol–water partition coefficient (Wildman–Crippen LogP) is 4.79. The molecule has 0 aliphatic carbocycles. The standard InChI is InChI=1S/C27H28N2O5/c1-3-17-32-23-15-9-22(10-16-23)27(31)34-25-13-7-21(8-14-25)18-28-29-26(30)19-33-24-11-5-20(4-2)6-12-24/h5-16,18H,3-4,17,19H2,1-2H3,(H,29,30). The van der Waals surface area contributed by atoms with Crippen molar-refractivity contribution in [2.75, 3.05) is 13.2 Å². The molecule has 0 unspecified atom stereocenters. The van der Waals surface area contributed by atoms with Crippen LogP contribution in [0.2, 0.25) is 0 Å². The van der Waals surface area contributed by atoms with Crippen molar-refractivity contribution in [1.82, 2.24) is 5.43 Å². The number of ether oxygens (including phenoxy) is 3. The zero-order chi connectivity index (χ0) is 24.2.